The SMILES string of the molecule is CCC(N)(CC)c1ccc(CC(NC(=O)CC(c2ccccc2)N(C)S(=O)(=O)c2ccc3ccccc3c2)C(=O)N2CCCC2)cc1. The van der Waals surface area contributed by atoms with E-state index in [9.17, 15) is 18.0 Å². The van der Waals surface area contributed by atoms with E-state index in [4.69, 9.17) is 5.73 Å². The number of fused-ring (bicyclic) bond motifs is 1. The Morgan fingerprint density at radius 3 is 2.13 bits per heavy atom. The molecule has 1 fully saturated rings. The van der Waals surface area contributed by atoms with Gasteiger partial charge in [-0.05, 0) is 65.3 Å². The molecule has 4 aromatic rings. The van der Waals surface area contributed by atoms with E-state index in [1.807, 2.05) is 83.8 Å². The fraction of sp³-hybridized carbons (Fsp3) is 0.368. The minimum absolute atomic E-state index is 0.122. The van der Waals surface area contributed by atoms with Gasteiger partial charge in [0.15, 0.2) is 0 Å². The number of carbonyl (C=O) groups is 2. The second kappa shape index (κ2) is 14.8. The molecular formula is C38H46N4O4S. The predicted octanol–water partition coefficient (Wildman–Crippen LogP) is 5.92. The molecule has 2 unspecified atom stereocenters. The number of amides is 2. The number of hydrogen-bond acceptors (Lipinski definition) is 5. The molecule has 1 saturated heterocycles. The number of nitrogens with one attached hydrogen (secondary N) is 1. The fourth-order valence-corrected chi connectivity index (χ4v) is 7.83. The average Bonchev–Trinajstić information content (AvgIpc) is 3.65. The highest BCUT2D eigenvalue weighted by Crippen LogP contribution is 2.31. The Hall–Kier alpha value is -4.05. The van der Waals surface area contributed by atoms with Crippen molar-refractivity contribution in [3.8, 4) is 0 Å². The van der Waals surface area contributed by atoms with Crippen molar-refractivity contribution in [3.63, 3.8) is 0 Å². The Morgan fingerprint density at radius 2 is 1.49 bits per heavy atom. The zero-order chi connectivity index (χ0) is 33.6. The molecule has 5 rings (SSSR count). The maximum Gasteiger partial charge on any atom is 0.245 e. The van der Waals surface area contributed by atoms with Crippen LogP contribution >= 0.6 is 0 Å². The Bertz CT molecular complexity index is 1780. The van der Waals surface area contributed by atoms with Gasteiger partial charge in [0.05, 0.1) is 10.9 Å². The molecule has 4 aromatic carbocycles. The van der Waals surface area contributed by atoms with E-state index in [-0.39, 0.29) is 17.2 Å². The molecule has 248 valence electrons. The number of nitrogens with zero attached hydrogens (tertiary/aromatic N) is 2. The van der Waals surface area contributed by atoms with E-state index in [1.165, 1.54) is 11.4 Å². The van der Waals surface area contributed by atoms with E-state index >= 15 is 0 Å². The van der Waals surface area contributed by atoms with Crippen molar-refractivity contribution in [2.75, 3.05) is 20.1 Å². The Labute approximate surface area is 279 Å². The van der Waals surface area contributed by atoms with Crippen LogP contribution in [0.2, 0.25) is 0 Å². The molecule has 0 aromatic heterocycles. The quantitative estimate of drug-likeness (QED) is 0.186. The summed E-state index contributed by atoms with van der Waals surface area (Å²) in [5.41, 5.74) is 8.84. The van der Waals surface area contributed by atoms with Crippen molar-refractivity contribution in [3.05, 3.63) is 114 Å². The summed E-state index contributed by atoms with van der Waals surface area (Å²) in [6, 6.07) is 28.2. The molecule has 3 N–H and O–H groups in total. The molecule has 47 heavy (non-hydrogen) atoms. The van der Waals surface area contributed by atoms with Crippen molar-refractivity contribution in [2.24, 2.45) is 5.73 Å². The van der Waals surface area contributed by atoms with Gasteiger partial charge in [0.2, 0.25) is 21.8 Å². The van der Waals surface area contributed by atoms with Crippen molar-refractivity contribution in [1.29, 1.82) is 0 Å². The van der Waals surface area contributed by atoms with Crippen LogP contribution in [0.5, 0.6) is 0 Å². The second-order valence-corrected chi connectivity index (χ2v) is 14.6. The van der Waals surface area contributed by atoms with Crippen LogP contribution in [0.25, 0.3) is 10.8 Å². The van der Waals surface area contributed by atoms with Gasteiger partial charge >= 0.3 is 0 Å². The van der Waals surface area contributed by atoms with Gasteiger partial charge in [0, 0.05) is 38.5 Å². The van der Waals surface area contributed by atoms with Crippen LogP contribution in [0.15, 0.2) is 102 Å². The summed E-state index contributed by atoms with van der Waals surface area (Å²) in [7, 11) is -2.47. The normalized spacial score (nSPS) is 15.1. The monoisotopic (exact) mass is 654 g/mol. The average molecular weight is 655 g/mol. The third-order valence-electron chi connectivity index (χ3n) is 9.68. The van der Waals surface area contributed by atoms with E-state index < -0.39 is 33.6 Å². The fourth-order valence-electron chi connectivity index (χ4n) is 6.45. The molecule has 0 bridgehead atoms. The van der Waals surface area contributed by atoms with Crippen molar-refractivity contribution in [2.45, 2.75) is 74.9 Å². The number of benzene rings is 4. The van der Waals surface area contributed by atoms with E-state index in [1.54, 1.807) is 18.2 Å². The molecule has 0 saturated carbocycles. The lowest BCUT2D eigenvalue weighted by Gasteiger charge is -2.29. The Balaban J connectivity index is 1.39. The minimum atomic E-state index is -3.98. The smallest absolute Gasteiger partial charge is 0.245 e. The van der Waals surface area contributed by atoms with E-state index in [0.29, 0.717) is 25.1 Å². The van der Waals surface area contributed by atoms with Crippen LogP contribution in [0.1, 0.15) is 68.7 Å². The molecule has 2 amide bonds. The number of rotatable bonds is 13. The molecule has 0 aliphatic carbocycles. The molecule has 8 nitrogen and oxygen atoms in total. The first kappa shape index (κ1) is 34.3. The van der Waals surface area contributed by atoms with Gasteiger partial charge in [-0.1, -0.05) is 98.8 Å². The number of likely N-dealkylation sites (tertiary alicyclic amines) is 1. The highest BCUT2D eigenvalue weighted by atomic mass is 32.2. The Kier molecular flexibility index (Phi) is 10.8. The second-order valence-electron chi connectivity index (χ2n) is 12.6. The van der Waals surface area contributed by atoms with Gasteiger partial charge < -0.3 is 16.0 Å². The summed E-state index contributed by atoms with van der Waals surface area (Å²) in [4.78, 5) is 29.5. The van der Waals surface area contributed by atoms with Gasteiger partial charge in [-0.3, -0.25) is 9.59 Å². The van der Waals surface area contributed by atoms with Crippen molar-refractivity contribution >= 4 is 32.6 Å². The number of carbonyl (C=O) groups excluding carboxylic acids is 2. The van der Waals surface area contributed by atoms with E-state index in [2.05, 4.69) is 19.2 Å². The minimum Gasteiger partial charge on any atom is -0.344 e. The highest BCUT2D eigenvalue weighted by Gasteiger charge is 2.33. The van der Waals surface area contributed by atoms with Gasteiger partial charge in [0.1, 0.15) is 6.04 Å². The lowest BCUT2D eigenvalue weighted by molar-refractivity contribution is -0.135. The maximum absolute atomic E-state index is 14.0. The lowest BCUT2D eigenvalue weighted by Crippen LogP contribution is -2.49. The standard InChI is InChI=1S/C38H46N4O4S/c1-4-38(39,5-2)32-20-17-28(18-21-32)25-34(37(44)42-23-11-12-24-42)40-36(43)27-35(30-14-7-6-8-15-30)41(3)47(45,46)33-22-19-29-13-9-10-16-31(29)26-33/h6-10,13-22,26,34-35H,4-5,11-12,23-25,27,39H2,1-3H3,(H,40,43). The third kappa shape index (κ3) is 7.75. The van der Waals surface area contributed by atoms with Crippen LogP contribution in [-0.2, 0) is 31.6 Å². The van der Waals surface area contributed by atoms with Gasteiger partial charge in [-0.15, -0.1) is 0 Å². The molecular weight excluding hydrogens is 609 g/mol. The predicted molar refractivity (Wildman–Crippen MR) is 187 cm³/mol. The van der Waals surface area contributed by atoms with Gasteiger partial charge in [-0.25, -0.2) is 8.42 Å². The molecule has 1 aliphatic heterocycles. The first-order chi connectivity index (χ1) is 22.6. The molecule has 1 heterocycles. The topological polar surface area (TPSA) is 113 Å². The first-order valence-electron chi connectivity index (χ1n) is 16.5. The third-order valence-corrected chi connectivity index (χ3v) is 11.5. The molecule has 0 radical (unpaired) electrons. The summed E-state index contributed by atoms with van der Waals surface area (Å²) < 4.78 is 29.2. The molecule has 0 spiro atoms. The maximum atomic E-state index is 14.0. The Morgan fingerprint density at radius 1 is 0.872 bits per heavy atom. The molecule has 9 heteroatoms. The van der Waals surface area contributed by atoms with Crippen LogP contribution < -0.4 is 11.1 Å². The van der Waals surface area contributed by atoms with Crippen LogP contribution in [0.4, 0.5) is 0 Å². The largest absolute Gasteiger partial charge is 0.344 e. The summed E-state index contributed by atoms with van der Waals surface area (Å²) in [6.45, 7) is 5.47. The zero-order valence-corrected chi connectivity index (χ0v) is 28.4. The number of nitrogens with two attached hydrogens (primary N) is 1. The van der Waals surface area contributed by atoms with Crippen molar-refractivity contribution in [1.82, 2.24) is 14.5 Å². The molecule has 1 aliphatic rings. The van der Waals surface area contributed by atoms with E-state index in [0.717, 1.165) is 47.6 Å². The van der Waals surface area contributed by atoms with Crippen LogP contribution in [-0.4, -0.2) is 55.6 Å². The van der Waals surface area contributed by atoms with Crippen LogP contribution in [0, 0.1) is 0 Å². The summed E-state index contributed by atoms with van der Waals surface area (Å²) in [5, 5.41) is 4.76. The summed E-state index contributed by atoms with van der Waals surface area (Å²) in [6.07, 6.45) is 3.64. The van der Waals surface area contributed by atoms with Crippen LogP contribution in [0.3, 0.4) is 0 Å². The number of sulfonamides is 1. The highest BCUT2D eigenvalue weighted by molar-refractivity contribution is 7.89. The molecule has 2 atom stereocenters. The van der Waals surface area contributed by atoms with Gasteiger partial charge in [0.25, 0.3) is 0 Å². The van der Waals surface area contributed by atoms with Crippen molar-refractivity contribution < 1.29 is 18.0 Å². The van der Waals surface area contributed by atoms with Gasteiger partial charge in [-0.2, -0.15) is 4.31 Å². The summed E-state index contributed by atoms with van der Waals surface area (Å²) in [5.74, 6) is -0.518. The first-order valence-corrected chi connectivity index (χ1v) is 18.0. The lowest BCUT2D eigenvalue weighted by atomic mass is 9.85. The summed E-state index contributed by atoms with van der Waals surface area (Å²) >= 11 is 0. The number of hydrogen-bond donors (Lipinski definition) is 2. The zero-order valence-electron chi connectivity index (χ0n) is 27.6.